The average Bonchev–Trinajstić information content (AvgIpc) is 2.29. The van der Waals surface area contributed by atoms with Crippen LogP contribution in [-0.4, -0.2) is 10.4 Å². The fourth-order valence-corrected chi connectivity index (χ4v) is 2.02. The van der Waals surface area contributed by atoms with Crippen molar-refractivity contribution in [1.29, 1.82) is 0 Å². The third-order valence-electron chi connectivity index (χ3n) is 2.96. The summed E-state index contributed by atoms with van der Waals surface area (Å²) in [6, 6.07) is 5.75. The number of pyridine rings is 1. The van der Waals surface area contributed by atoms with E-state index >= 15 is 0 Å². The largest absolute Gasteiger partial charge is 0.347 e. The van der Waals surface area contributed by atoms with Crippen molar-refractivity contribution in [2.45, 2.75) is 27.3 Å². The zero-order valence-electron chi connectivity index (χ0n) is 10.3. The van der Waals surface area contributed by atoms with Crippen molar-refractivity contribution in [2.75, 3.05) is 0 Å². The Morgan fingerprint density at radius 1 is 1.35 bits per heavy atom. The maximum absolute atomic E-state index is 12.2. The third-order valence-corrected chi connectivity index (χ3v) is 2.96. The molecule has 1 aromatic heterocycles. The molecule has 0 N–H and O–H groups in total. The van der Waals surface area contributed by atoms with Crippen LogP contribution in [0.15, 0.2) is 29.2 Å². The van der Waals surface area contributed by atoms with Crippen molar-refractivity contribution in [2.24, 2.45) is 0 Å². The summed E-state index contributed by atoms with van der Waals surface area (Å²) < 4.78 is 1.94. The monoisotopic (exact) mass is 229 g/mol. The van der Waals surface area contributed by atoms with Gasteiger partial charge in [0.15, 0.2) is 11.2 Å². The van der Waals surface area contributed by atoms with Crippen molar-refractivity contribution in [1.82, 2.24) is 4.57 Å². The van der Waals surface area contributed by atoms with Gasteiger partial charge in [0, 0.05) is 18.1 Å². The Bertz CT molecular complexity index is 653. The van der Waals surface area contributed by atoms with E-state index in [9.17, 15) is 9.59 Å². The first-order valence-electron chi connectivity index (χ1n) is 5.69. The molecule has 0 aliphatic rings. The van der Waals surface area contributed by atoms with Crippen LogP contribution in [0.2, 0.25) is 0 Å². The van der Waals surface area contributed by atoms with Crippen LogP contribution in [0.25, 0.3) is 10.9 Å². The van der Waals surface area contributed by atoms with Crippen LogP contribution in [0.4, 0.5) is 0 Å². The van der Waals surface area contributed by atoms with E-state index in [-0.39, 0.29) is 16.8 Å². The summed E-state index contributed by atoms with van der Waals surface area (Å²) in [6.07, 6.45) is 1.66. The second-order valence-electron chi connectivity index (χ2n) is 4.23. The molecular formula is C14H15NO2. The number of rotatable bonds is 2. The molecule has 0 aliphatic carbocycles. The highest BCUT2D eigenvalue weighted by atomic mass is 16.1. The highest BCUT2D eigenvalue weighted by Crippen LogP contribution is 2.14. The van der Waals surface area contributed by atoms with Gasteiger partial charge in [-0.05, 0) is 32.9 Å². The van der Waals surface area contributed by atoms with E-state index in [0.717, 1.165) is 17.6 Å². The second kappa shape index (κ2) is 4.17. The molecule has 2 aromatic rings. The molecule has 2 rings (SSSR count). The van der Waals surface area contributed by atoms with E-state index < -0.39 is 0 Å². The normalized spacial score (nSPS) is 10.8. The number of nitrogens with zero attached hydrogens (tertiary/aromatic N) is 1. The van der Waals surface area contributed by atoms with Crippen molar-refractivity contribution in [3.8, 4) is 0 Å². The van der Waals surface area contributed by atoms with Gasteiger partial charge < -0.3 is 4.57 Å². The molecule has 0 amide bonds. The minimum atomic E-state index is -0.180. The maximum Gasteiger partial charge on any atom is 0.200 e. The van der Waals surface area contributed by atoms with Crippen molar-refractivity contribution < 1.29 is 4.79 Å². The number of carbonyl (C=O) groups is 1. The number of aryl methyl sites for hydroxylation is 2. The molecular weight excluding hydrogens is 214 g/mol. The third kappa shape index (κ3) is 1.88. The van der Waals surface area contributed by atoms with E-state index in [0.29, 0.717) is 5.39 Å². The van der Waals surface area contributed by atoms with Gasteiger partial charge in [0.05, 0.1) is 11.1 Å². The summed E-state index contributed by atoms with van der Waals surface area (Å²) in [6.45, 7) is 6.10. The summed E-state index contributed by atoms with van der Waals surface area (Å²) in [5, 5.41) is 0.625. The topological polar surface area (TPSA) is 39.1 Å². The van der Waals surface area contributed by atoms with Crippen LogP contribution < -0.4 is 5.43 Å². The van der Waals surface area contributed by atoms with Crippen LogP contribution in [0.5, 0.6) is 0 Å². The molecule has 0 unspecified atom stereocenters. The lowest BCUT2D eigenvalue weighted by Gasteiger charge is -2.10. The summed E-state index contributed by atoms with van der Waals surface area (Å²) >= 11 is 0. The molecule has 3 nitrogen and oxygen atoms in total. The van der Waals surface area contributed by atoms with Crippen LogP contribution in [0.3, 0.4) is 0 Å². The Morgan fingerprint density at radius 2 is 2.06 bits per heavy atom. The van der Waals surface area contributed by atoms with E-state index in [2.05, 4.69) is 0 Å². The van der Waals surface area contributed by atoms with Crippen LogP contribution in [0, 0.1) is 6.92 Å². The van der Waals surface area contributed by atoms with Gasteiger partial charge in [0.2, 0.25) is 0 Å². The summed E-state index contributed by atoms with van der Waals surface area (Å²) in [4.78, 5) is 23.6. The lowest BCUT2D eigenvalue weighted by molar-refractivity contribution is 0.101. The lowest BCUT2D eigenvalue weighted by atomic mass is 10.1. The smallest absolute Gasteiger partial charge is 0.200 e. The fraction of sp³-hybridized carbons (Fsp3) is 0.286. The first kappa shape index (κ1) is 11.6. The molecule has 0 spiro atoms. The zero-order valence-corrected chi connectivity index (χ0v) is 10.3. The molecule has 0 atom stereocenters. The van der Waals surface area contributed by atoms with Gasteiger partial charge in [-0.2, -0.15) is 0 Å². The molecule has 0 saturated carbocycles. The number of hydrogen-bond donors (Lipinski definition) is 0. The van der Waals surface area contributed by atoms with Crippen molar-refractivity contribution in [3.05, 3.63) is 45.7 Å². The molecule has 1 heterocycles. The molecule has 0 saturated heterocycles. The highest BCUT2D eigenvalue weighted by Gasteiger charge is 2.11. The Morgan fingerprint density at radius 3 is 2.65 bits per heavy atom. The predicted molar refractivity (Wildman–Crippen MR) is 68.6 cm³/mol. The quantitative estimate of drug-likeness (QED) is 0.742. The van der Waals surface area contributed by atoms with Crippen LogP contribution in [0.1, 0.15) is 29.8 Å². The molecule has 0 fully saturated rings. The number of Topliss-reactive ketones (excluding diaryl/α,β-unsaturated/α-hetero) is 1. The Hall–Kier alpha value is -1.90. The summed E-state index contributed by atoms with van der Waals surface area (Å²) in [5.41, 5.74) is 2.01. The van der Waals surface area contributed by atoms with E-state index in [1.165, 1.54) is 6.92 Å². The standard InChI is InChI=1S/C14H15NO2/c1-4-15-8-12(10(3)16)14(17)11-7-9(2)5-6-13(11)15/h5-8H,4H2,1-3H3. The van der Waals surface area contributed by atoms with Crippen LogP contribution >= 0.6 is 0 Å². The van der Waals surface area contributed by atoms with Crippen LogP contribution in [-0.2, 0) is 6.54 Å². The second-order valence-corrected chi connectivity index (χ2v) is 4.23. The Kier molecular flexibility index (Phi) is 2.84. The van der Waals surface area contributed by atoms with Crippen molar-refractivity contribution in [3.63, 3.8) is 0 Å². The number of aromatic nitrogens is 1. The van der Waals surface area contributed by atoms with Gasteiger partial charge in [0.1, 0.15) is 0 Å². The first-order chi connectivity index (χ1) is 8.04. The summed E-state index contributed by atoms with van der Waals surface area (Å²) in [7, 11) is 0. The van der Waals surface area contributed by atoms with Gasteiger partial charge in [-0.25, -0.2) is 0 Å². The number of hydrogen-bond acceptors (Lipinski definition) is 2. The fourth-order valence-electron chi connectivity index (χ4n) is 2.02. The average molecular weight is 229 g/mol. The van der Waals surface area contributed by atoms with Gasteiger partial charge in [-0.15, -0.1) is 0 Å². The Labute approximate surface area is 99.7 Å². The van der Waals surface area contributed by atoms with E-state index in [1.807, 2.05) is 36.6 Å². The molecule has 88 valence electrons. The van der Waals surface area contributed by atoms with E-state index in [4.69, 9.17) is 0 Å². The molecule has 3 heteroatoms. The number of benzene rings is 1. The number of ketones is 1. The number of fused-ring (bicyclic) bond motifs is 1. The van der Waals surface area contributed by atoms with Gasteiger partial charge in [-0.3, -0.25) is 9.59 Å². The minimum Gasteiger partial charge on any atom is -0.347 e. The summed E-state index contributed by atoms with van der Waals surface area (Å²) in [5.74, 6) is -0.180. The minimum absolute atomic E-state index is 0.166. The molecule has 17 heavy (non-hydrogen) atoms. The molecule has 0 aliphatic heterocycles. The first-order valence-corrected chi connectivity index (χ1v) is 5.69. The molecule has 0 radical (unpaired) electrons. The number of carbonyl (C=O) groups excluding carboxylic acids is 1. The predicted octanol–water partition coefficient (Wildman–Crippen LogP) is 2.53. The van der Waals surface area contributed by atoms with Gasteiger partial charge in [0.25, 0.3) is 0 Å². The maximum atomic E-state index is 12.2. The SMILES string of the molecule is CCn1cc(C(C)=O)c(=O)c2cc(C)ccc21. The van der Waals surface area contributed by atoms with E-state index in [1.54, 1.807) is 6.20 Å². The van der Waals surface area contributed by atoms with Crippen molar-refractivity contribution >= 4 is 16.7 Å². The molecule has 1 aromatic carbocycles. The Balaban J connectivity index is 2.96. The van der Waals surface area contributed by atoms with Gasteiger partial charge in [-0.1, -0.05) is 11.6 Å². The van der Waals surface area contributed by atoms with Gasteiger partial charge >= 0.3 is 0 Å². The zero-order chi connectivity index (χ0) is 12.6. The highest BCUT2D eigenvalue weighted by molar-refractivity contribution is 5.97. The lowest BCUT2D eigenvalue weighted by Crippen LogP contribution is -2.17. The molecule has 0 bridgehead atoms.